The molecule has 1 unspecified atom stereocenters. The van der Waals surface area contributed by atoms with Gasteiger partial charge in [-0.05, 0) is 33.6 Å². The summed E-state index contributed by atoms with van der Waals surface area (Å²) in [6.07, 6.45) is 2.02. The van der Waals surface area contributed by atoms with E-state index in [0.717, 1.165) is 0 Å². The van der Waals surface area contributed by atoms with Gasteiger partial charge in [0, 0.05) is 19.7 Å². The number of carbonyl (C=O) groups excluding carboxylic acids is 1. The van der Waals surface area contributed by atoms with E-state index in [-0.39, 0.29) is 6.04 Å². The molecule has 0 spiro atoms. The Morgan fingerprint density at radius 3 is 2.55 bits per heavy atom. The molecule has 1 fully saturated rings. The summed E-state index contributed by atoms with van der Waals surface area (Å²) in [7, 11) is 1.63. The monoisotopic (exact) mass is 288 g/mol. The van der Waals surface area contributed by atoms with Crippen LogP contribution in [0.5, 0.6) is 0 Å². The molecule has 1 atom stereocenters. The molecule has 118 valence electrons. The maximum Gasteiger partial charge on any atom is 0.407 e. The van der Waals surface area contributed by atoms with Crippen molar-refractivity contribution in [2.24, 2.45) is 0 Å². The first-order chi connectivity index (χ1) is 9.40. The number of rotatable bonds is 9. The number of nitrogens with one attached hydrogen (secondary N) is 2. The van der Waals surface area contributed by atoms with Crippen molar-refractivity contribution in [3.8, 4) is 0 Å². The van der Waals surface area contributed by atoms with Gasteiger partial charge in [0.05, 0.1) is 25.9 Å². The maximum atomic E-state index is 11.8. The largest absolute Gasteiger partial charge is 0.444 e. The van der Waals surface area contributed by atoms with Gasteiger partial charge in [-0.15, -0.1) is 0 Å². The van der Waals surface area contributed by atoms with Crippen molar-refractivity contribution in [2.45, 2.75) is 51.3 Å². The molecule has 1 rings (SSSR count). The van der Waals surface area contributed by atoms with Gasteiger partial charge >= 0.3 is 6.09 Å². The van der Waals surface area contributed by atoms with Crippen molar-refractivity contribution in [3.05, 3.63) is 0 Å². The molecule has 1 saturated carbocycles. The summed E-state index contributed by atoms with van der Waals surface area (Å²) in [6.45, 7) is 7.75. The number of hydrogen-bond acceptors (Lipinski definition) is 5. The summed E-state index contributed by atoms with van der Waals surface area (Å²) >= 11 is 0. The van der Waals surface area contributed by atoms with Gasteiger partial charge in [0.1, 0.15) is 5.60 Å². The van der Waals surface area contributed by atoms with Gasteiger partial charge in [-0.25, -0.2) is 4.79 Å². The average molecular weight is 288 g/mol. The van der Waals surface area contributed by atoms with Crippen LogP contribution in [0.25, 0.3) is 0 Å². The van der Waals surface area contributed by atoms with E-state index in [1.807, 2.05) is 20.8 Å². The van der Waals surface area contributed by atoms with Crippen LogP contribution in [0, 0.1) is 0 Å². The minimum Gasteiger partial charge on any atom is -0.444 e. The molecule has 0 aromatic heterocycles. The lowest BCUT2D eigenvalue weighted by molar-refractivity contribution is 0.0372. The molecule has 6 heteroatoms. The number of hydrogen-bond donors (Lipinski definition) is 2. The first-order valence-corrected chi connectivity index (χ1v) is 7.20. The van der Waals surface area contributed by atoms with Crippen LogP contribution in [0.2, 0.25) is 0 Å². The molecular formula is C14H28N2O4. The quantitative estimate of drug-likeness (QED) is 0.626. The zero-order valence-corrected chi connectivity index (χ0v) is 13.0. The van der Waals surface area contributed by atoms with E-state index in [2.05, 4.69) is 10.6 Å². The van der Waals surface area contributed by atoms with Crippen molar-refractivity contribution in [3.63, 3.8) is 0 Å². The number of alkyl carbamates (subject to hydrolysis) is 1. The smallest absolute Gasteiger partial charge is 0.407 e. The van der Waals surface area contributed by atoms with Crippen LogP contribution in [0.15, 0.2) is 0 Å². The van der Waals surface area contributed by atoms with Crippen LogP contribution >= 0.6 is 0 Å². The fourth-order valence-corrected chi connectivity index (χ4v) is 1.59. The Kier molecular flexibility index (Phi) is 7.26. The Labute approximate surface area is 121 Å². The molecule has 0 radical (unpaired) electrons. The molecule has 2 N–H and O–H groups in total. The van der Waals surface area contributed by atoms with Gasteiger partial charge in [-0.2, -0.15) is 0 Å². The lowest BCUT2D eigenvalue weighted by atomic mass is 10.2. The van der Waals surface area contributed by atoms with Gasteiger partial charge in [0.25, 0.3) is 0 Å². The predicted octanol–water partition coefficient (Wildman–Crippen LogP) is 1.29. The molecule has 20 heavy (non-hydrogen) atoms. The zero-order chi connectivity index (χ0) is 15.0. The maximum absolute atomic E-state index is 11.8. The molecular weight excluding hydrogens is 260 g/mol. The van der Waals surface area contributed by atoms with Crippen molar-refractivity contribution in [1.82, 2.24) is 10.6 Å². The normalized spacial score (nSPS) is 16.8. The summed E-state index contributed by atoms with van der Waals surface area (Å²) in [4.78, 5) is 11.8. The van der Waals surface area contributed by atoms with Crippen molar-refractivity contribution < 1.29 is 19.0 Å². The highest BCUT2D eigenvalue weighted by atomic mass is 16.6. The molecule has 1 amide bonds. The molecule has 0 heterocycles. The summed E-state index contributed by atoms with van der Waals surface area (Å²) in [6, 6.07) is 0.499. The van der Waals surface area contributed by atoms with Gasteiger partial charge in [-0.3, -0.25) is 0 Å². The second kappa shape index (κ2) is 8.44. The number of amides is 1. The average Bonchev–Trinajstić information content (AvgIpc) is 3.12. The van der Waals surface area contributed by atoms with Crippen LogP contribution in [0.3, 0.4) is 0 Å². The summed E-state index contributed by atoms with van der Waals surface area (Å²) < 4.78 is 15.7. The van der Waals surface area contributed by atoms with E-state index in [1.54, 1.807) is 7.11 Å². The minimum absolute atomic E-state index is 0.0951. The van der Waals surface area contributed by atoms with Crippen molar-refractivity contribution in [2.75, 3.05) is 33.5 Å². The molecule has 0 aromatic carbocycles. The topological polar surface area (TPSA) is 68.8 Å². The fraction of sp³-hybridized carbons (Fsp3) is 0.929. The third kappa shape index (κ3) is 9.12. The van der Waals surface area contributed by atoms with E-state index in [4.69, 9.17) is 14.2 Å². The highest BCUT2D eigenvalue weighted by Crippen LogP contribution is 2.18. The lowest BCUT2D eigenvalue weighted by Gasteiger charge is -2.24. The van der Waals surface area contributed by atoms with Crippen molar-refractivity contribution >= 4 is 6.09 Å². The molecule has 0 saturated heterocycles. The van der Waals surface area contributed by atoms with E-state index in [0.29, 0.717) is 32.4 Å². The Bertz CT molecular complexity index is 287. The van der Waals surface area contributed by atoms with Crippen LogP contribution in [-0.4, -0.2) is 57.3 Å². The van der Waals surface area contributed by atoms with Gasteiger partial charge < -0.3 is 24.8 Å². The first-order valence-electron chi connectivity index (χ1n) is 7.20. The third-order valence-electron chi connectivity index (χ3n) is 2.70. The molecule has 0 bridgehead atoms. The fourth-order valence-electron chi connectivity index (χ4n) is 1.59. The Hall–Kier alpha value is -0.850. The zero-order valence-electron chi connectivity index (χ0n) is 13.0. The number of carbonyl (C=O) groups is 1. The standard InChI is InChI=1S/C14H28N2O4/c1-14(2,3)20-13(17)16-12(9-15-11-5-6-11)10-19-8-7-18-4/h11-12,15H,5-10H2,1-4H3,(H,16,17). The SMILES string of the molecule is COCCOCC(CNC1CC1)NC(=O)OC(C)(C)C. The van der Waals surface area contributed by atoms with E-state index >= 15 is 0 Å². The first kappa shape index (κ1) is 17.2. The van der Waals surface area contributed by atoms with E-state index < -0.39 is 11.7 Å². The predicted molar refractivity (Wildman–Crippen MR) is 76.9 cm³/mol. The van der Waals surface area contributed by atoms with E-state index in [1.165, 1.54) is 12.8 Å². The highest BCUT2D eigenvalue weighted by Gasteiger charge is 2.24. The highest BCUT2D eigenvalue weighted by molar-refractivity contribution is 5.68. The van der Waals surface area contributed by atoms with Crippen LogP contribution < -0.4 is 10.6 Å². The summed E-state index contributed by atoms with van der Waals surface area (Å²) in [5, 5.41) is 6.23. The van der Waals surface area contributed by atoms with Crippen LogP contribution in [0.1, 0.15) is 33.6 Å². The molecule has 1 aliphatic rings. The Morgan fingerprint density at radius 1 is 1.30 bits per heavy atom. The van der Waals surface area contributed by atoms with Gasteiger partial charge in [0.15, 0.2) is 0 Å². The third-order valence-corrected chi connectivity index (χ3v) is 2.70. The lowest BCUT2D eigenvalue weighted by Crippen LogP contribution is -2.47. The Balaban J connectivity index is 2.29. The van der Waals surface area contributed by atoms with Crippen LogP contribution in [-0.2, 0) is 14.2 Å². The molecule has 0 aliphatic heterocycles. The molecule has 1 aliphatic carbocycles. The Morgan fingerprint density at radius 2 is 2.00 bits per heavy atom. The number of methoxy groups -OCH3 is 1. The van der Waals surface area contributed by atoms with E-state index in [9.17, 15) is 4.79 Å². The molecule has 6 nitrogen and oxygen atoms in total. The van der Waals surface area contributed by atoms with Crippen molar-refractivity contribution in [1.29, 1.82) is 0 Å². The summed E-state index contributed by atoms with van der Waals surface area (Å²) in [5.74, 6) is 0. The molecule has 0 aromatic rings. The second-order valence-electron chi connectivity index (χ2n) is 6.09. The van der Waals surface area contributed by atoms with Crippen LogP contribution in [0.4, 0.5) is 4.79 Å². The summed E-state index contributed by atoms with van der Waals surface area (Å²) in [5.41, 5.74) is -0.491. The number of ether oxygens (including phenoxy) is 3. The van der Waals surface area contributed by atoms with Gasteiger partial charge in [-0.1, -0.05) is 0 Å². The van der Waals surface area contributed by atoms with Gasteiger partial charge in [0.2, 0.25) is 0 Å². The minimum atomic E-state index is -0.491. The second-order valence-corrected chi connectivity index (χ2v) is 6.09.